The summed E-state index contributed by atoms with van der Waals surface area (Å²) in [5, 5.41) is 4.10. The molecule has 4 nitrogen and oxygen atoms in total. The molecule has 0 radical (unpaired) electrons. The van der Waals surface area contributed by atoms with Crippen molar-refractivity contribution in [2.75, 3.05) is 7.05 Å². The van der Waals surface area contributed by atoms with Crippen LogP contribution in [0.2, 0.25) is 0 Å². The van der Waals surface area contributed by atoms with Crippen molar-refractivity contribution in [2.24, 2.45) is 7.05 Å². The van der Waals surface area contributed by atoms with Gasteiger partial charge in [-0.1, -0.05) is 30.3 Å². The van der Waals surface area contributed by atoms with Crippen LogP contribution in [0.5, 0.6) is 0 Å². The maximum Gasteiger partial charge on any atom is 0.222 e. The van der Waals surface area contributed by atoms with Crippen LogP contribution in [-0.4, -0.2) is 27.6 Å². The van der Waals surface area contributed by atoms with E-state index in [0.29, 0.717) is 13.0 Å². The molecule has 0 N–H and O–H groups in total. The van der Waals surface area contributed by atoms with Crippen LogP contribution >= 0.6 is 0 Å². The topological polar surface area (TPSA) is 38.1 Å². The second-order valence-electron chi connectivity index (χ2n) is 4.76. The van der Waals surface area contributed by atoms with Crippen molar-refractivity contribution < 1.29 is 4.79 Å². The van der Waals surface area contributed by atoms with Crippen molar-refractivity contribution in [3.05, 3.63) is 53.9 Å². The van der Waals surface area contributed by atoms with Crippen molar-refractivity contribution in [1.82, 2.24) is 14.7 Å². The van der Waals surface area contributed by atoms with Gasteiger partial charge in [0.15, 0.2) is 0 Å². The molecule has 0 atom stereocenters. The Balaban J connectivity index is 1.82. The molecule has 2 rings (SSSR count). The summed E-state index contributed by atoms with van der Waals surface area (Å²) in [7, 11) is 3.71. The van der Waals surface area contributed by atoms with Crippen molar-refractivity contribution in [3.63, 3.8) is 0 Å². The predicted molar refractivity (Wildman–Crippen MR) is 74.4 cm³/mol. The Labute approximate surface area is 113 Å². The summed E-state index contributed by atoms with van der Waals surface area (Å²) < 4.78 is 1.75. The van der Waals surface area contributed by atoms with Crippen LogP contribution in [0.15, 0.2) is 42.7 Å². The van der Waals surface area contributed by atoms with Crippen LogP contribution in [0.3, 0.4) is 0 Å². The number of carbonyl (C=O) groups is 1. The molecule has 1 heterocycles. The second kappa shape index (κ2) is 6.18. The highest BCUT2D eigenvalue weighted by molar-refractivity contribution is 5.76. The highest BCUT2D eigenvalue weighted by atomic mass is 16.2. The first-order valence-electron chi connectivity index (χ1n) is 6.40. The van der Waals surface area contributed by atoms with Gasteiger partial charge in [-0.05, 0) is 12.0 Å². The molecule has 0 aliphatic rings. The lowest BCUT2D eigenvalue weighted by molar-refractivity contribution is -0.130. The summed E-state index contributed by atoms with van der Waals surface area (Å²) in [6.45, 7) is 0.613. The van der Waals surface area contributed by atoms with Crippen molar-refractivity contribution in [1.29, 1.82) is 0 Å². The molecule has 0 unspecified atom stereocenters. The molecule has 0 fully saturated rings. The average Bonchev–Trinajstić information content (AvgIpc) is 2.82. The molecular formula is C15H19N3O. The summed E-state index contributed by atoms with van der Waals surface area (Å²) in [5.41, 5.74) is 2.25. The van der Waals surface area contributed by atoms with Gasteiger partial charge in [0.05, 0.1) is 6.20 Å². The highest BCUT2D eigenvalue weighted by Crippen LogP contribution is 2.07. The molecule has 100 valence electrons. The number of rotatable bonds is 5. The lowest BCUT2D eigenvalue weighted by Crippen LogP contribution is -2.26. The van der Waals surface area contributed by atoms with Crippen LogP contribution in [-0.2, 0) is 24.8 Å². The van der Waals surface area contributed by atoms with Crippen LogP contribution in [0.25, 0.3) is 0 Å². The molecule has 1 aromatic heterocycles. The Morgan fingerprint density at radius 2 is 2.00 bits per heavy atom. The normalized spacial score (nSPS) is 10.4. The predicted octanol–water partition coefficient (Wildman–Crippen LogP) is 2.01. The van der Waals surface area contributed by atoms with E-state index in [4.69, 9.17) is 0 Å². The number of amides is 1. The fourth-order valence-corrected chi connectivity index (χ4v) is 2.00. The zero-order valence-electron chi connectivity index (χ0n) is 11.4. The van der Waals surface area contributed by atoms with Crippen LogP contribution in [0, 0.1) is 0 Å². The Kier molecular flexibility index (Phi) is 4.34. The van der Waals surface area contributed by atoms with E-state index in [-0.39, 0.29) is 5.91 Å². The van der Waals surface area contributed by atoms with Gasteiger partial charge in [-0.25, -0.2) is 0 Å². The summed E-state index contributed by atoms with van der Waals surface area (Å²) in [6, 6.07) is 10.1. The molecule has 0 bridgehead atoms. The lowest BCUT2D eigenvalue weighted by Gasteiger charge is -2.16. The van der Waals surface area contributed by atoms with E-state index in [1.807, 2.05) is 50.6 Å². The lowest BCUT2D eigenvalue weighted by atomic mass is 10.1. The first-order valence-corrected chi connectivity index (χ1v) is 6.40. The van der Waals surface area contributed by atoms with Crippen LogP contribution in [0.1, 0.15) is 17.5 Å². The third-order valence-corrected chi connectivity index (χ3v) is 3.07. The van der Waals surface area contributed by atoms with Crippen LogP contribution in [0.4, 0.5) is 0 Å². The zero-order valence-corrected chi connectivity index (χ0v) is 11.4. The highest BCUT2D eigenvalue weighted by Gasteiger charge is 2.10. The van der Waals surface area contributed by atoms with Gasteiger partial charge in [-0.2, -0.15) is 5.10 Å². The third kappa shape index (κ3) is 3.95. The molecule has 0 spiro atoms. The molecule has 0 saturated carbocycles. The number of hydrogen-bond acceptors (Lipinski definition) is 2. The summed E-state index contributed by atoms with van der Waals surface area (Å²) >= 11 is 0. The third-order valence-electron chi connectivity index (χ3n) is 3.07. The Morgan fingerprint density at radius 1 is 1.26 bits per heavy atom. The molecule has 19 heavy (non-hydrogen) atoms. The second-order valence-corrected chi connectivity index (χ2v) is 4.76. The number of aromatic nitrogens is 2. The summed E-state index contributed by atoms with van der Waals surface area (Å²) in [5.74, 6) is 0.160. The molecule has 1 aromatic carbocycles. The van der Waals surface area contributed by atoms with Crippen molar-refractivity contribution >= 4 is 5.91 Å². The van der Waals surface area contributed by atoms with Crippen molar-refractivity contribution in [2.45, 2.75) is 19.4 Å². The van der Waals surface area contributed by atoms with E-state index in [1.165, 1.54) is 5.56 Å². The molecule has 1 amide bonds. The maximum atomic E-state index is 12.0. The van der Waals surface area contributed by atoms with Gasteiger partial charge in [0, 0.05) is 38.8 Å². The SMILES string of the molecule is CN(Cc1cnn(C)c1)C(=O)CCc1ccccc1. The minimum Gasteiger partial charge on any atom is -0.341 e. The van der Waals surface area contributed by atoms with E-state index in [2.05, 4.69) is 5.10 Å². The number of benzene rings is 1. The number of carbonyl (C=O) groups excluding carboxylic acids is 1. The van der Waals surface area contributed by atoms with E-state index in [1.54, 1.807) is 15.8 Å². The van der Waals surface area contributed by atoms with E-state index < -0.39 is 0 Å². The molecule has 0 saturated heterocycles. The van der Waals surface area contributed by atoms with Crippen LogP contribution < -0.4 is 0 Å². The first kappa shape index (κ1) is 13.3. The standard InChI is InChI=1S/C15H19N3O/c1-17(11-14-10-16-18(2)12-14)15(19)9-8-13-6-4-3-5-7-13/h3-7,10,12H,8-9,11H2,1-2H3. The molecule has 2 aromatic rings. The smallest absolute Gasteiger partial charge is 0.222 e. The van der Waals surface area contributed by atoms with E-state index in [9.17, 15) is 4.79 Å². The summed E-state index contributed by atoms with van der Waals surface area (Å²) in [4.78, 5) is 13.8. The molecular weight excluding hydrogens is 238 g/mol. The Hall–Kier alpha value is -2.10. The van der Waals surface area contributed by atoms with Gasteiger partial charge in [-0.3, -0.25) is 9.48 Å². The minimum atomic E-state index is 0.160. The fourth-order valence-electron chi connectivity index (χ4n) is 2.00. The fraction of sp³-hybridized carbons (Fsp3) is 0.333. The van der Waals surface area contributed by atoms with Gasteiger partial charge < -0.3 is 4.90 Å². The van der Waals surface area contributed by atoms with Gasteiger partial charge in [0.25, 0.3) is 0 Å². The molecule has 0 aliphatic heterocycles. The van der Waals surface area contributed by atoms with Gasteiger partial charge >= 0.3 is 0 Å². The number of hydrogen-bond donors (Lipinski definition) is 0. The Morgan fingerprint density at radius 3 is 2.63 bits per heavy atom. The first-order chi connectivity index (χ1) is 9.15. The monoisotopic (exact) mass is 257 g/mol. The van der Waals surface area contributed by atoms with Gasteiger partial charge in [-0.15, -0.1) is 0 Å². The van der Waals surface area contributed by atoms with Gasteiger partial charge in [0.2, 0.25) is 5.91 Å². The van der Waals surface area contributed by atoms with E-state index >= 15 is 0 Å². The van der Waals surface area contributed by atoms with Gasteiger partial charge in [0.1, 0.15) is 0 Å². The number of nitrogens with zero attached hydrogens (tertiary/aromatic N) is 3. The number of aryl methyl sites for hydroxylation is 2. The molecule has 0 aliphatic carbocycles. The quantitative estimate of drug-likeness (QED) is 0.822. The van der Waals surface area contributed by atoms with E-state index in [0.717, 1.165) is 12.0 Å². The maximum absolute atomic E-state index is 12.0. The average molecular weight is 257 g/mol. The Bertz CT molecular complexity index is 533. The zero-order chi connectivity index (χ0) is 13.7. The minimum absolute atomic E-state index is 0.160. The largest absolute Gasteiger partial charge is 0.341 e. The summed E-state index contributed by atoms with van der Waals surface area (Å²) in [6.07, 6.45) is 5.06. The molecule has 4 heteroatoms. The van der Waals surface area contributed by atoms with Crippen molar-refractivity contribution in [3.8, 4) is 0 Å².